The molecule has 0 bridgehead atoms. The Labute approximate surface area is 194 Å². The van der Waals surface area contributed by atoms with Crippen LogP contribution in [0, 0.1) is 6.92 Å². The molecule has 0 fully saturated rings. The van der Waals surface area contributed by atoms with Gasteiger partial charge in [-0.1, -0.05) is 40.9 Å². The van der Waals surface area contributed by atoms with E-state index in [0.717, 1.165) is 5.56 Å². The predicted octanol–water partition coefficient (Wildman–Crippen LogP) is 4.61. The Hall–Kier alpha value is -3.68. The highest BCUT2D eigenvalue weighted by Crippen LogP contribution is 2.23. The lowest BCUT2D eigenvalue weighted by atomic mass is 10.2. The van der Waals surface area contributed by atoms with E-state index < -0.39 is 17.8 Å². The van der Waals surface area contributed by atoms with Crippen LogP contribution in [0.5, 0.6) is 5.75 Å². The SMILES string of the molecule is Cc1ccc(NC(=O)C(=O)N/N=C\c2ccc(OC(=O)c3ccc(Cl)cc3Cl)cc2)cc1. The van der Waals surface area contributed by atoms with Crippen molar-refractivity contribution >= 4 is 52.9 Å². The largest absolute Gasteiger partial charge is 0.423 e. The minimum Gasteiger partial charge on any atom is -0.423 e. The number of nitrogens with one attached hydrogen (secondary N) is 2. The van der Waals surface area contributed by atoms with E-state index in [1.54, 1.807) is 42.5 Å². The summed E-state index contributed by atoms with van der Waals surface area (Å²) in [4.78, 5) is 36.0. The third-order valence-electron chi connectivity index (χ3n) is 4.14. The smallest absolute Gasteiger partial charge is 0.345 e. The summed E-state index contributed by atoms with van der Waals surface area (Å²) in [6.07, 6.45) is 1.35. The average Bonchev–Trinajstić information content (AvgIpc) is 2.76. The molecule has 2 amide bonds. The fourth-order valence-electron chi connectivity index (χ4n) is 2.48. The zero-order valence-corrected chi connectivity index (χ0v) is 18.3. The van der Waals surface area contributed by atoms with Gasteiger partial charge in [-0.3, -0.25) is 9.59 Å². The molecular weight excluding hydrogens is 453 g/mol. The number of aryl methyl sites for hydroxylation is 1. The number of carbonyl (C=O) groups is 3. The van der Waals surface area contributed by atoms with Crippen molar-refractivity contribution < 1.29 is 19.1 Å². The van der Waals surface area contributed by atoms with E-state index in [2.05, 4.69) is 15.8 Å². The van der Waals surface area contributed by atoms with Crippen molar-refractivity contribution in [2.45, 2.75) is 6.92 Å². The second-order valence-corrected chi connectivity index (χ2v) is 7.45. The minimum atomic E-state index is -0.910. The highest BCUT2D eigenvalue weighted by Gasteiger charge is 2.14. The van der Waals surface area contributed by atoms with E-state index in [-0.39, 0.29) is 10.6 Å². The van der Waals surface area contributed by atoms with Crippen LogP contribution in [0.4, 0.5) is 5.69 Å². The first kappa shape index (κ1) is 23.0. The van der Waals surface area contributed by atoms with Crippen LogP contribution in [0.2, 0.25) is 10.0 Å². The van der Waals surface area contributed by atoms with Crippen LogP contribution in [-0.2, 0) is 9.59 Å². The molecule has 3 aromatic carbocycles. The molecule has 3 aromatic rings. The number of halogens is 2. The molecule has 0 saturated heterocycles. The molecule has 0 atom stereocenters. The number of ether oxygens (including phenoxy) is 1. The van der Waals surface area contributed by atoms with Gasteiger partial charge in [-0.05, 0) is 67.1 Å². The van der Waals surface area contributed by atoms with Gasteiger partial charge in [0.2, 0.25) is 0 Å². The lowest BCUT2D eigenvalue weighted by Gasteiger charge is -2.06. The summed E-state index contributed by atoms with van der Waals surface area (Å²) in [5.41, 5.74) is 4.48. The van der Waals surface area contributed by atoms with Crippen molar-refractivity contribution in [3.63, 3.8) is 0 Å². The van der Waals surface area contributed by atoms with Crippen molar-refractivity contribution in [2.75, 3.05) is 5.32 Å². The summed E-state index contributed by atoms with van der Waals surface area (Å²) in [5.74, 6) is -2.08. The maximum atomic E-state index is 12.2. The van der Waals surface area contributed by atoms with E-state index in [9.17, 15) is 14.4 Å². The predicted molar refractivity (Wildman–Crippen MR) is 123 cm³/mol. The van der Waals surface area contributed by atoms with E-state index in [4.69, 9.17) is 27.9 Å². The first-order chi connectivity index (χ1) is 15.3. The number of anilines is 1. The lowest BCUT2D eigenvalue weighted by Crippen LogP contribution is -2.32. The molecular formula is C23H17Cl2N3O4. The number of hydrogen-bond acceptors (Lipinski definition) is 5. The van der Waals surface area contributed by atoms with Crippen LogP contribution in [0.15, 0.2) is 71.8 Å². The zero-order valence-electron chi connectivity index (χ0n) is 16.8. The average molecular weight is 470 g/mol. The van der Waals surface area contributed by atoms with Crippen molar-refractivity contribution in [1.82, 2.24) is 5.43 Å². The molecule has 7 nitrogen and oxygen atoms in total. The van der Waals surface area contributed by atoms with Gasteiger partial charge in [0.15, 0.2) is 0 Å². The van der Waals surface area contributed by atoms with Crippen LogP contribution in [0.3, 0.4) is 0 Å². The van der Waals surface area contributed by atoms with Gasteiger partial charge in [0, 0.05) is 10.7 Å². The van der Waals surface area contributed by atoms with E-state index >= 15 is 0 Å². The zero-order chi connectivity index (χ0) is 23.1. The standard InChI is InChI=1S/C23H17Cl2N3O4/c1-14-2-7-17(8-3-14)27-21(29)22(30)28-26-13-15-4-9-18(10-5-15)32-23(31)19-11-6-16(24)12-20(19)25/h2-13H,1H3,(H,27,29)(H,28,30)/b26-13-. The van der Waals surface area contributed by atoms with Gasteiger partial charge in [-0.2, -0.15) is 5.10 Å². The number of benzene rings is 3. The fourth-order valence-corrected chi connectivity index (χ4v) is 2.97. The Morgan fingerprint density at radius 3 is 2.25 bits per heavy atom. The van der Waals surface area contributed by atoms with Crippen molar-refractivity contribution in [2.24, 2.45) is 5.10 Å². The molecule has 0 aliphatic heterocycles. The summed E-state index contributed by atoms with van der Waals surface area (Å²) in [5, 5.41) is 6.83. The third-order valence-corrected chi connectivity index (χ3v) is 4.68. The van der Waals surface area contributed by atoms with Gasteiger partial charge in [-0.25, -0.2) is 10.2 Å². The first-order valence-electron chi connectivity index (χ1n) is 9.30. The van der Waals surface area contributed by atoms with Crippen LogP contribution in [0.25, 0.3) is 0 Å². The Morgan fingerprint density at radius 1 is 0.906 bits per heavy atom. The molecule has 0 heterocycles. The number of hydrazone groups is 1. The minimum absolute atomic E-state index is 0.188. The summed E-state index contributed by atoms with van der Waals surface area (Å²) in [6.45, 7) is 1.92. The Balaban J connectivity index is 1.52. The van der Waals surface area contributed by atoms with Crippen LogP contribution in [0.1, 0.15) is 21.5 Å². The highest BCUT2D eigenvalue weighted by molar-refractivity contribution is 6.39. The summed E-state index contributed by atoms with van der Waals surface area (Å²) in [6, 6.07) is 17.8. The van der Waals surface area contributed by atoms with Gasteiger partial charge in [0.05, 0.1) is 16.8 Å². The van der Waals surface area contributed by atoms with E-state index in [0.29, 0.717) is 22.0 Å². The molecule has 0 radical (unpaired) electrons. The van der Waals surface area contributed by atoms with E-state index in [1.165, 1.54) is 18.3 Å². The van der Waals surface area contributed by atoms with E-state index in [1.807, 2.05) is 19.1 Å². The molecule has 0 unspecified atom stereocenters. The number of nitrogens with zero attached hydrogens (tertiary/aromatic N) is 1. The Morgan fingerprint density at radius 2 is 1.59 bits per heavy atom. The fraction of sp³-hybridized carbons (Fsp3) is 0.0435. The number of carbonyl (C=O) groups excluding carboxylic acids is 3. The van der Waals surface area contributed by atoms with Gasteiger partial charge in [-0.15, -0.1) is 0 Å². The van der Waals surface area contributed by atoms with Crippen molar-refractivity contribution in [3.8, 4) is 5.75 Å². The second kappa shape index (κ2) is 10.6. The second-order valence-electron chi connectivity index (χ2n) is 6.60. The quantitative estimate of drug-likeness (QED) is 0.187. The van der Waals surface area contributed by atoms with Gasteiger partial charge >= 0.3 is 17.8 Å². The molecule has 3 rings (SSSR count). The normalized spacial score (nSPS) is 10.6. The maximum Gasteiger partial charge on any atom is 0.345 e. The monoisotopic (exact) mass is 469 g/mol. The molecule has 0 saturated carbocycles. The topological polar surface area (TPSA) is 96.9 Å². The van der Waals surface area contributed by atoms with Gasteiger partial charge < -0.3 is 10.1 Å². The van der Waals surface area contributed by atoms with Crippen molar-refractivity contribution in [1.29, 1.82) is 0 Å². The Bertz CT molecular complexity index is 1180. The molecule has 0 spiro atoms. The van der Waals surface area contributed by atoms with Crippen LogP contribution < -0.4 is 15.5 Å². The number of rotatable bonds is 5. The number of amides is 2. The van der Waals surface area contributed by atoms with Gasteiger partial charge in [0.25, 0.3) is 0 Å². The molecule has 162 valence electrons. The molecule has 32 heavy (non-hydrogen) atoms. The molecule has 0 aromatic heterocycles. The number of esters is 1. The molecule has 0 aliphatic rings. The van der Waals surface area contributed by atoms with Gasteiger partial charge in [0.1, 0.15) is 5.75 Å². The maximum absolute atomic E-state index is 12.2. The third kappa shape index (κ3) is 6.41. The lowest BCUT2D eigenvalue weighted by molar-refractivity contribution is -0.136. The Kier molecular flexibility index (Phi) is 7.59. The first-order valence-corrected chi connectivity index (χ1v) is 10.1. The highest BCUT2D eigenvalue weighted by atomic mass is 35.5. The van der Waals surface area contributed by atoms with Crippen LogP contribution in [-0.4, -0.2) is 24.0 Å². The molecule has 0 aliphatic carbocycles. The summed E-state index contributed by atoms with van der Waals surface area (Å²) < 4.78 is 5.28. The summed E-state index contributed by atoms with van der Waals surface area (Å²) in [7, 11) is 0. The van der Waals surface area contributed by atoms with Crippen LogP contribution >= 0.6 is 23.2 Å². The summed E-state index contributed by atoms with van der Waals surface area (Å²) >= 11 is 11.8. The number of hydrogen-bond donors (Lipinski definition) is 2. The molecule has 2 N–H and O–H groups in total. The van der Waals surface area contributed by atoms with Crippen molar-refractivity contribution in [3.05, 3.63) is 93.5 Å². The molecule has 9 heteroatoms.